The topological polar surface area (TPSA) is 45.6 Å². The fourth-order valence-electron chi connectivity index (χ4n) is 5.67. The number of nitrogens with one attached hydrogen (secondary N) is 2. The fraction of sp³-hybridized carbons (Fsp3) is 0.357. The largest absolute Gasteiger partial charge is 0.318 e. The molecule has 1 aromatic heterocycles. The number of aromatic amines is 1. The summed E-state index contributed by atoms with van der Waals surface area (Å²) in [5.74, 6) is 1.04. The van der Waals surface area contributed by atoms with Crippen molar-refractivity contribution in [3.8, 4) is 6.07 Å². The fourth-order valence-corrected chi connectivity index (χ4v) is 5.67. The number of piperazine rings is 1. The molecule has 0 bridgehead atoms. The molecule has 2 heterocycles. The number of hydrogen-bond acceptors (Lipinski definition) is 2. The lowest BCUT2D eigenvalue weighted by atomic mass is 9.88. The Balaban J connectivity index is 1.41. The van der Waals surface area contributed by atoms with Crippen molar-refractivity contribution in [2.45, 2.75) is 38.6 Å². The molecule has 0 spiro atoms. The van der Waals surface area contributed by atoms with Crippen molar-refractivity contribution < 1.29 is 9.88 Å². The van der Waals surface area contributed by atoms with Crippen LogP contribution in [0.3, 0.4) is 0 Å². The zero-order valence-electron chi connectivity index (χ0n) is 18.9. The number of hydrogen-bond donors (Lipinski definition) is 1. The smallest absolute Gasteiger partial charge is 0.293 e. The van der Waals surface area contributed by atoms with Crippen LogP contribution < -0.4 is 14.8 Å². The monoisotopic (exact) mass is 424 g/mol. The third-order valence-corrected chi connectivity index (χ3v) is 7.27. The van der Waals surface area contributed by atoms with Gasteiger partial charge in [-0.25, -0.2) is 9.88 Å². The summed E-state index contributed by atoms with van der Waals surface area (Å²) in [7, 11) is 0. The minimum atomic E-state index is 0.337. The van der Waals surface area contributed by atoms with Crippen LogP contribution in [0.25, 0.3) is 0 Å². The number of fused-ring (bicyclic) bond motifs is 1. The van der Waals surface area contributed by atoms with E-state index in [4.69, 9.17) is 0 Å². The van der Waals surface area contributed by atoms with E-state index in [9.17, 15) is 5.26 Å². The Labute approximate surface area is 191 Å². The third-order valence-electron chi connectivity index (χ3n) is 7.27. The highest BCUT2D eigenvalue weighted by Gasteiger charge is 2.35. The molecule has 1 saturated heterocycles. The van der Waals surface area contributed by atoms with Crippen LogP contribution in [0.1, 0.15) is 52.4 Å². The summed E-state index contributed by atoms with van der Waals surface area (Å²) in [5, 5.41) is 10.0. The first-order valence-electron chi connectivity index (χ1n) is 11.9. The van der Waals surface area contributed by atoms with Crippen molar-refractivity contribution in [3.05, 3.63) is 94.2 Å². The predicted molar refractivity (Wildman–Crippen MR) is 127 cm³/mol. The average Bonchev–Trinajstić information content (AvgIpc) is 2.86. The molecule has 0 saturated carbocycles. The van der Waals surface area contributed by atoms with Gasteiger partial charge in [-0.05, 0) is 43.7 Å². The number of nitrogens with zero attached hydrogens (tertiary/aromatic N) is 2. The molecule has 2 aliphatic rings. The quantitative estimate of drug-likeness (QED) is 0.700. The number of anilines is 1. The van der Waals surface area contributed by atoms with E-state index in [1.54, 1.807) is 4.90 Å². The van der Waals surface area contributed by atoms with E-state index >= 15 is 0 Å². The van der Waals surface area contributed by atoms with E-state index in [0.717, 1.165) is 50.4 Å². The van der Waals surface area contributed by atoms with E-state index in [2.05, 4.69) is 83.5 Å². The molecule has 0 amide bonds. The van der Waals surface area contributed by atoms with Gasteiger partial charge in [-0.2, -0.15) is 5.26 Å². The molecule has 2 aromatic carbocycles. The Hall–Kier alpha value is -3.16. The molecule has 0 atom stereocenters. The van der Waals surface area contributed by atoms with Crippen molar-refractivity contribution in [2.24, 2.45) is 0 Å². The van der Waals surface area contributed by atoms with Crippen LogP contribution in [-0.4, -0.2) is 26.2 Å². The van der Waals surface area contributed by atoms with E-state index in [-0.39, 0.29) is 0 Å². The minimum Gasteiger partial charge on any atom is -0.318 e. The van der Waals surface area contributed by atoms with Crippen molar-refractivity contribution >= 4 is 5.82 Å². The number of aromatic nitrogens is 1. The van der Waals surface area contributed by atoms with Gasteiger partial charge in [-0.15, -0.1) is 0 Å². The average molecular weight is 425 g/mol. The Bertz CT molecular complexity index is 1070. The lowest BCUT2D eigenvalue weighted by Gasteiger charge is -2.35. The number of H-pyrrole nitrogens is 1. The zero-order valence-corrected chi connectivity index (χ0v) is 18.9. The van der Waals surface area contributed by atoms with Gasteiger partial charge in [0.25, 0.3) is 5.82 Å². The molecule has 3 aromatic rings. The number of nitriles is 1. The molecular weight excluding hydrogens is 392 g/mol. The van der Waals surface area contributed by atoms with E-state index in [1.165, 1.54) is 40.8 Å². The molecule has 4 heteroatoms. The summed E-state index contributed by atoms with van der Waals surface area (Å²) in [6.45, 7) is 6.17. The van der Waals surface area contributed by atoms with Gasteiger partial charge < -0.3 is 4.90 Å². The molecule has 2 N–H and O–H groups in total. The van der Waals surface area contributed by atoms with Gasteiger partial charge in [-0.1, -0.05) is 60.7 Å². The van der Waals surface area contributed by atoms with Gasteiger partial charge in [0.05, 0.1) is 0 Å². The van der Waals surface area contributed by atoms with Gasteiger partial charge in [0.2, 0.25) is 0 Å². The van der Waals surface area contributed by atoms with Crippen molar-refractivity contribution in [3.63, 3.8) is 0 Å². The summed E-state index contributed by atoms with van der Waals surface area (Å²) in [6, 6.07) is 24.7. The van der Waals surface area contributed by atoms with Gasteiger partial charge in [-0.3, -0.25) is 0 Å². The number of benzene rings is 2. The van der Waals surface area contributed by atoms with Crippen LogP contribution in [0.15, 0.2) is 60.7 Å². The van der Waals surface area contributed by atoms with Crippen LogP contribution in [0.4, 0.5) is 5.82 Å². The molecule has 1 aliphatic heterocycles. The summed E-state index contributed by atoms with van der Waals surface area (Å²) < 4.78 is 0. The highest BCUT2D eigenvalue weighted by Crippen LogP contribution is 2.29. The number of aryl methyl sites for hydroxylation is 1. The van der Waals surface area contributed by atoms with Crippen molar-refractivity contribution in [2.75, 3.05) is 31.1 Å². The lowest BCUT2D eigenvalue weighted by molar-refractivity contribution is -0.926. The normalized spacial score (nSPS) is 16.6. The first-order valence-corrected chi connectivity index (χ1v) is 11.9. The van der Waals surface area contributed by atoms with Gasteiger partial charge in [0, 0.05) is 11.1 Å². The Morgan fingerprint density at radius 2 is 1.44 bits per heavy atom. The number of quaternary nitrogens is 1. The zero-order chi connectivity index (χ0) is 21.9. The second-order valence-corrected chi connectivity index (χ2v) is 9.15. The number of rotatable bonds is 4. The second kappa shape index (κ2) is 9.14. The second-order valence-electron chi connectivity index (χ2n) is 9.15. The van der Waals surface area contributed by atoms with Gasteiger partial charge in [0.1, 0.15) is 49.5 Å². The predicted octanol–water partition coefficient (Wildman–Crippen LogP) is 3.05. The maximum absolute atomic E-state index is 10.0. The van der Waals surface area contributed by atoms with Gasteiger partial charge in [0.15, 0.2) is 0 Å². The summed E-state index contributed by atoms with van der Waals surface area (Å²) >= 11 is 0. The highest BCUT2D eigenvalue weighted by molar-refractivity contribution is 5.57. The van der Waals surface area contributed by atoms with E-state index in [0.29, 0.717) is 6.04 Å². The summed E-state index contributed by atoms with van der Waals surface area (Å²) in [4.78, 5) is 7.63. The van der Waals surface area contributed by atoms with Crippen LogP contribution in [0, 0.1) is 18.3 Å². The standard InChI is InChI=1S/C28H30N4/c1-21-24-14-8-9-15-25(24)26(20-29)28(30-21)32-18-16-31(17-19-32)27(22-10-4-2-5-11-22)23-12-6-3-7-13-23/h2-7,10-13,27H,8-9,14-19H2,1H3/p+2. The maximum atomic E-state index is 10.0. The molecule has 5 rings (SSSR count). The first-order chi connectivity index (χ1) is 15.8. The molecular formula is C28H32N4+2. The van der Waals surface area contributed by atoms with E-state index in [1.807, 2.05) is 0 Å². The lowest BCUT2D eigenvalue weighted by Crippen LogP contribution is -3.15. The number of pyridine rings is 1. The van der Waals surface area contributed by atoms with Crippen LogP contribution in [-0.2, 0) is 12.8 Å². The van der Waals surface area contributed by atoms with Crippen LogP contribution >= 0.6 is 0 Å². The van der Waals surface area contributed by atoms with Gasteiger partial charge >= 0.3 is 0 Å². The van der Waals surface area contributed by atoms with Crippen LogP contribution in [0.5, 0.6) is 0 Å². The van der Waals surface area contributed by atoms with E-state index < -0.39 is 0 Å². The Morgan fingerprint density at radius 1 is 0.875 bits per heavy atom. The van der Waals surface area contributed by atoms with Crippen molar-refractivity contribution in [1.29, 1.82) is 5.26 Å². The van der Waals surface area contributed by atoms with Crippen LogP contribution in [0.2, 0.25) is 0 Å². The highest BCUT2D eigenvalue weighted by atomic mass is 15.3. The molecule has 162 valence electrons. The SMILES string of the molecule is Cc1[nH+]c(N2CC[NH+](C(c3ccccc3)c3ccccc3)CC2)c(C#N)c2c1CCCC2. The Morgan fingerprint density at radius 3 is 2.00 bits per heavy atom. The first kappa shape index (κ1) is 20.7. The maximum Gasteiger partial charge on any atom is 0.293 e. The summed E-state index contributed by atoms with van der Waals surface area (Å²) in [5.41, 5.74) is 7.55. The summed E-state index contributed by atoms with van der Waals surface area (Å²) in [6.07, 6.45) is 4.56. The Kier molecular flexibility index (Phi) is 5.92. The molecule has 4 nitrogen and oxygen atoms in total. The van der Waals surface area contributed by atoms with Crippen molar-refractivity contribution in [1.82, 2.24) is 0 Å². The minimum absolute atomic E-state index is 0.337. The molecule has 32 heavy (non-hydrogen) atoms. The third kappa shape index (κ3) is 3.89. The molecule has 0 radical (unpaired) electrons. The molecule has 1 fully saturated rings. The molecule has 1 aliphatic carbocycles. The molecule has 0 unspecified atom stereocenters.